The number of morpholine rings is 1. The quantitative estimate of drug-likeness (QED) is 0.519. The summed E-state index contributed by atoms with van der Waals surface area (Å²) in [5.41, 5.74) is -0.0376. The van der Waals surface area contributed by atoms with Crippen LogP contribution in [-0.2, 0) is 9.53 Å². The molecule has 2 atom stereocenters. The minimum absolute atomic E-state index is 0.0376. The number of nitrogens with zero attached hydrogens (tertiary/aromatic N) is 1. The van der Waals surface area contributed by atoms with Crippen LogP contribution in [0.1, 0.15) is 20.8 Å². The molecule has 82 valence electrons. The molecule has 0 aromatic rings. The van der Waals surface area contributed by atoms with E-state index in [4.69, 9.17) is 4.74 Å². The van der Waals surface area contributed by atoms with Gasteiger partial charge in [-0.05, 0) is 0 Å². The molecule has 0 aromatic heterocycles. The van der Waals surface area contributed by atoms with Gasteiger partial charge in [0.2, 0.25) is 0 Å². The molecule has 1 amide bonds. The Hall–Kier alpha value is -0.450. The Morgan fingerprint density at radius 2 is 2.21 bits per heavy atom. The maximum atomic E-state index is 11.1. The fourth-order valence-electron chi connectivity index (χ4n) is 2.08. The molecule has 14 heavy (non-hydrogen) atoms. The van der Waals surface area contributed by atoms with Crippen LogP contribution < -0.4 is 0 Å². The molecule has 0 aromatic carbocycles. The van der Waals surface area contributed by atoms with Gasteiger partial charge in [-0.2, -0.15) is 0 Å². The van der Waals surface area contributed by atoms with Gasteiger partial charge in [0, 0.05) is 5.41 Å². The minimum Gasteiger partial charge on any atom is -0.369 e. The second-order valence-electron chi connectivity index (χ2n) is 5.03. The van der Waals surface area contributed by atoms with E-state index in [1.807, 2.05) is 0 Å². The van der Waals surface area contributed by atoms with Crippen molar-refractivity contribution in [2.75, 3.05) is 26.5 Å². The number of hydrogen-bond acceptors (Lipinski definition) is 3. The zero-order chi connectivity index (χ0) is 10.8. The lowest BCUT2D eigenvalue weighted by Gasteiger charge is -2.46. The molecule has 1 fully saturated rings. The number of quaternary nitrogens is 1. The molecule has 2 unspecified atom stereocenters. The summed E-state index contributed by atoms with van der Waals surface area (Å²) in [6, 6.07) is 0.0405. The smallest absolute Gasteiger partial charge is 0.303 e. The summed E-state index contributed by atoms with van der Waals surface area (Å²) in [4.78, 5) is 11.1. The van der Waals surface area contributed by atoms with Crippen molar-refractivity contribution in [3.05, 3.63) is 0 Å². The SMILES string of the molecule is CC(C)(C)C1COCC[N+]1(C=O)CO. The first-order chi connectivity index (χ1) is 6.46. The standard InChI is InChI=1S/C10H20NO3/c1-10(2,3)9-6-14-5-4-11(9,7-12)8-13/h7,9,13H,4-6,8H2,1-3H3/q+1. The van der Waals surface area contributed by atoms with Crippen LogP contribution in [0.25, 0.3) is 0 Å². The van der Waals surface area contributed by atoms with Crippen LogP contribution >= 0.6 is 0 Å². The van der Waals surface area contributed by atoms with Gasteiger partial charge in [0.15, 0.2) is 6.73 Å². The molecule has 1 saturated heterocycles. The molecule has 4 nitrogen and oxygen atoms in total. The monoisotopic (exact) mass is 202 g/mol. The van der Waals surface area contributed by atoms with Crippen LogP contribution in [0, 0.1) is 5.41 Å². The highest BCUT2D eigenvalue weighted by molar-refractivity contribution is 5.38. The van der Waals surface area contributed by atoms with E-state index in [2.05, 4.69) is 20.8 Å². The molecule has 0 spiro atoms. The lowest BCUT2D eigenvalue weighted by molar-refractivity contribution is -0.905. The maximum Gasteiger partial charge on any atom is 0.303 e. The molecule has 4 heteroatoms. The van der Waals surface area contributed by atoms with Crippen LogP contribution in [0.4, 0.5) is 0 Å². The van der Waals surface area contributed by atoms with Crippen LogP contribution in [0.15, 0.2) is 0 Å². The van der Waals surface area contributed by atoms with E-state index < -0.39 is 0 Å². The third kappa shape index (κ3) is 1.97. The zero-order valence-corrected chi connectivity index (χ0v) is 9.19. The fraction of sp³-hybridized carbons (Fsp3) is 0.900. The van der Waals surface area contributed by atoms with Crippen molar-refractivity contribution in [1.82, 2.24) is 0 Å². The molecule has 1 rings (SSSR count). The molecule has 1 N–H and O–H groups in total. The fourth-order valence-corrected chi connectivity index (χ4v) is 2.08. The van der Waals surface area contributed by atoms with Gasteiger partial charge >= 0.3 is 6.41 Å². The van der Waals surface area contributed by atoms with E-state index in [1.54, 1.807) is 0 Å². The zero-order valence-electron chi connectivity index (χ0n) is 9.19. The molecule has 0 bridgehead atoms. The van der Waals surface area contributed by atoms with Crippen molar-refractivity contribution in [2.24, 2.45) is 5.41 Å². The average Bonchev–Trinajstić information content (AvgIpc) is 2.16. The summed E-state index contributed by atoms with van der Waals surface area (Å²) in [6.45, 7) is 7.74. The number of amides is 1. The van der Waals surface area contributed by atoms with Crippen LogP contribution in [-0.4, -0.2) is 48.5 Å². The van der Waals surface area contributed by atoms with Gasteiger partial charge in [-0.25, -0.2) is 9.28 Å². The number of rotatable bonds is 2. The molecular formula is C10H20NO3+. The third-order valence-electron chi connectivity index (χ3n) is 3.02. The molecule has 0 saturated carbocycles. The first-order valence-electron chi connectivity index (χ1n) is 4.98. The maximum absolute atomic E-state index is 11.1. The largest absolute Gasteiger partial charge is 0.369 e. The summed E-state index contributed by atoms with van der Waals surface area (Å²) < 4.78 is 5.50. The van der Waals surface area contributed by atoms with Crippen LogP contribution in [0.3, 0.4) is 0 Å². The van der Waals surface area contributed by atoms with Gasteiger partial charge in [0.25, 0.3) is 0 Å². The van der Waals surface area contributed by atoms with Crippen molar-refractivity contribution in [2.45, 2.75) is 26.8 Å². The normalized spacial score (nSPS) is 34.1. The number of ether oxygens (including phenoxy) is 1. The third-order valence-corrected chi connectivity index (χ3v) is 3.02. The van der Waals surface area contributed by atoms with E-state index in [0.29, 0.717) is 19.8 Å². The molecular weight excluding hydrogens is 182 g/mol. The van der Waals surface area contributed by atoms with Gasteiger partial charge in [0.1, 0.15) is 12.6 Å². The first-order valence-corrected chi connectivity index (χ1v) is 4.98. The highest BCUT2D eigenvalue weighted by Crippen LogP contribution is 2.30. The molecule has 1 aliphatic rings. The molecule has 1 aliphatic heterocycles. The van der Waals surface area contributed by atoms with E-state index in [-0.39, 0.29) is 22.7 Å². The summed E-state index contributed by atoms with van der Waals surface area (Å²) >= 11 is 0. The van der Waals surface area contributed by atoms with Gasteiger partial charge in [0.05, 0.1) is 13.2 Å². The lowest BCUT2D eigenvalue weighted by atomic mass is 9.84. The van der Waals surface area contributed by atoms with Crippen molar-refractivity contribution in [3.63, 3.8) is 0 Å². The highest BCUT2D eigenvalue weighted by atomic mass is 16.5. The van der Waals surface area contributed by atoms with Crippen molar-refractivity contribution in [3.8, 4) is 0 Å². The number of carbonyl (C=O) groups is 1. The Balaban J connectivity index is 2.93. The number of aliphatic hydroxyl groups excluding tert-OH is 1. The van der Waals surface area contributed by atoms with E-state index >= 15 is 0 Å². The highest BCUT2D eigenvalue weighted by Gasteiger charge is 2.46. The summed E-state index contributed by atoms with van der Waals surface area (Å²) in [7, 11) is 0. The second-order valence-corrected chi connectivity index (χ2v) is 5.03. The van der Waals surface area contributed by atoms with Crippen molar-refractivity contribution in [1.29, 1.82) is 0 Å². The van der Waals surface area contributed by atoms with E-state index in [0.717, 1.165) is 6.41 Å². The Bertz CT molecular complexity index is 212. The topological polar surface area (TPSA) is 46.5 Å². The summed E-state index contributed by atoms with van der Waals surface area (Å²) in [5, 5.41) is 9.36. The first kappa shape index (κ1) is 11.6. The van der Waals surface area contributed by atoms with Crippen LogP contribution in [0.2, 0.25) is 0 Å². The van der Waals surface area contributed by atoms with Gasteiger partial charge in [-0.15, -0.1) is 0 Å². The Labute approximate surface area is 85.1 Å². The number of aliphatic hydroxyl groups is 1. The minimum atomic E-state index is -0.130. The average molecular weight is 202 g/mol. The summed E-state index contributed by atoms with van der Waals surface area (Å²) in [6.07, 6.45) is 0.860. The number of hydrogen-bond donors (Lipinski definition) is 1. The Morgan fingerprint density at radius 3 is 2.57 bits per heavy atom. The predicted molar refractivity (Wildman–Crippen MR) is 52.3 cm³/mol. The summed E-state index contributed by atoms with van der Waals surface area (Å²) in [5.74, 6) is 0. The van der Waals surface area contributed by atoms with Crippen molar-refractivity contribution < 1.29 is 19.1 Å². The van der Waals surface area contributed by atoms with E-state index in [9.17, 15) is 9.90 Å². The predicted octanol–water partition coefficient (Wildman–Crippen LogP) is 0.354. The Morgan fingerprint density at radius 1 is 1.57 bits per heavy atom. The number of carbonyl (C=O) groups excluding carboxylic acids is 1. The molecule has 0 radical (unpaired) electrons. The van der Waals surface area contributed by atoms with Gasteiger partial charge < -0.3 is 9.84 Å². The Kier molecular flexibility index (Phi) is 3.29. The molecule has 0 aliphatic carbocycles. The van der Waals surface area contributed by atoms with Crippen molar-refractivity contribution >= 4 is 6.41 Å². The van der Waals surface area contributed by atoms with Crippen LogP contribution in [0.5, 0.6) is 0 Å². The molecule has 1 heterocycles. The second kappa shape index (κ2) is 3.96. The van der Waals surface area contributed by atoms with E-state index in [1.165, 1.54) is 0 Å². The lowest BCUT2D eigenvalue weighted by Crippen LogP contribution is -2.65. The van der Waals surface area contributed by atoms with Gasteiger partial charge in [-0.1, -0.05) is 20.8 Å². The van der Waals surface area contributed by atoms with Gasteiger partial charge in [-0.3, -0.25) is 0 Å².